The Bertz CT molecular complexity index is 718. The quantitative estimate of drug-likeness (QED) is 0.740. The Morgan fingerprint density at radius 3 is 2.76 bits per heavy atom. The SMILES string of the molecule is COC(c1ccc(Cl)cc1)C(C)NC(=O)c1n[nH]c2c1CNCC2.Cl. The first kappa shape index (κ1) is 19.7. The van der Waals surface area contributed by atoms with Gasteiger partial charge in [-0.1, -0.05) is 23.7 Å². The molecule has 1 aromatic heterocycles. The molecule has 0 bridgehead atoms. The molecule has 2 atom stereocenters. The van der Waals surface area contributed by atoms with Gasteiger partial charge in [0.15, 0.2) is 5.69 Å². The molecule has 2 unspecified atom stereocenters. The maximum Gasteiger partial charge on any atom is 0.272 e. The summed E-state index contributed by atoms with van der Waals surface area (Å²) in [4.78, 5) is 12.6. The van der Waals surface area contributed by atoms with Crippen LogP contribution in [0.5, 0.6) is 0 Å². The first-order chi connectivity index (χ1) is 11.6. The summed E-state index contributed by atoms with van der Waals surface area (Å²) in [6.07, 6.45) is 0.593. The normalized spacial score (nSPS) is 15.6. The summed E-state index contributed by atoms with van der Waals surface area (Å²) in [6, 6.07) is 7.21. The van der Waals surface area contributed by atoms with Crippen LogP contribution in [0.25, 0.3) is 0 Å². The number of carbonyl (C=O) groups excluding carboxylic acids is 1. The van der Waals surface area contributed by atoms with Crippen molar-refractivity contribution >= 4 is 29.9 Å². The zero-order chi connectivity index (χ0) is 17.1. The van der Waals surface area contributed by atoms with E-state index in [1.54, 1.807) is 7.11 Å². The number of carbonyl (C=O) groups is 1. The average Bonchev–Trinajstić information content (AvgIpc) is 3.01. The van der Waals surface area contributed by atoms with Gasteiger partial charge in [0.05, 0.1) is 6.04 Å². The molecule has 2 heterocycles. The van der Waals surface area contributed by atoms with E-state index in [0.717, 1.165) is 29.8 Å². The molecular formula is C17H22Cl2N4O2. The molecular weight excluding hydrogens is 363 g/mol. The molecule has 0 fully saturated rings. The van der Waals surface area contributed by atoms with Crippen molar-refractivity contribution in [3.63, 3.8) is 0 Å². The Morgan fingerprint density at radius 1 is 1.36 bits per heavy atom. The monoisotopic (exact) mass is 384 g/mol. The van der Waals surface area contributed by atoms with Crippen LogP contribution in [0.1, 0.15) is 40.3 Å². The van der Waals surface area contributed by atoms with E-state index in [1.807, 2.05) is 31.2 Å². The zero-order valence-electron chi connectivity index (χ0n) is 14.1. The van der Waals surface area contributed by atoms with E-state index in [1.165, 1.54) is 0 Å². The number of fused-ring (bicyclic) bond motifs is 1. The zero-order valence-corrected chi connectivity index (χ0v) is 15.7. The molecule has 2 aromatic rings. The van der Waals surface area contributed by atoms with Crippen LogP contribution >= 0.6 is 24.0 Å². The molecule has 0 aliphatic carbocycles. The van der Waals surface area contributed by atoms with E-state index < -0.39 is 0 Å². The van der Waals surface area contributed by atoms with Gasteiger partial charge in [-0.25, -0.2) is 0 Å². The van der Waals surface area contributed by atoms with Gasteiger partial charge in [-0.15, -0.1) is 12.4 Å². The fourth-order valence-corrected chi connectivity index (χ4v) is 3.17. The number of amides is 1. The highest BCUT2D eigenvalue weighted by Gasteiger charge is 2.25. The standard InChI is InChI=1S/C17H21ClN4O2.ClH/c1-10(16(24-2)11-3-5-12(18)6-4-11)20-17(23)15-13-9-19-8-7-14(13)21-22-15;/h3-6,10,16,19H,7-9H2,1-2H3,(H,20,23)(H,21,22);1H. The number of aromatic amines is 1. The first-order valence-electron chi connectivity index (χ1n) is 7.96. The third kappa shape index (κ3) is 4.33. The summed E-state index contributed by atoms with van der Waals surface area (Å²) in [5, 5.41) is 14.1. The van der Waals surface area contributed by atoms with E-state index >= 15 is 0 Å². The molecule has 0 saturated carbocycles. The summed E-state index contributed by atoms with van der Waals surface area (Å²) in [5.74, 6) is -0.195. The summed E-state index contributed by atoms with van der Waals surface area (Å²) in [6.45, 7) is 3.47. The molecule has 1 aromatic carbocycles. The van der Waals surface area contributed by atoms with Gasteiger partial charge in [0.25, 0.3) is 5.91 Å². The minimum atomic E-state index is -0.265. The van der Waals surface area contributed by atoms with Crippen LogP contribution in [0.15, 0.2) is 24.3 Å². The molecule has 8 heteroatoms. The molecule has 136 valence electrons. The largest absolute Gasteiger partial charge is 0.375 e. The minimum absolute atomic E-state index is 0. The van der Waals surface area contributed by atoms with E-state index in [0.29, 0.717) is 17.3 Å². The van der Waals surface area contributed by atoms with Crippen molar-refractivity contribution in [2.75, 3.05) is 13.7 Å². The van der Waals surface area contributed by atoms with Crippen LogP contribution < -0.4 is 10.6 Å². The molecule has 1 aliphatic rings. The Morgan fingerprint density at radius 2 is 2.08 bits per heavy atom. The minimum Gasteiger partial charge on any atom is -0.375 e. The van der Waals surface area contributed by atoms with Crippen molar-refractivity contribution in [1.29, 1.82) is 0 Å². The summed E-state index contributed by atoms with van der Waals surface area (Å²) in [7, 11) is 1.63. The lowest BCUT2D eigenvalue weighted by molar-refractivity contribution is 0.0642. The fraction of sp³-hybridized carbons (Fsp3) is 0.412. The number of hydrogen-bond acceptors (Lipinski definition) is 4. The van der Waals surface area contributed by atoms with E-state index in [9.17, 15) is 4.79 Å². The van der Waals surface area contributed by atoms with Gasteiger partial charge in [0, 0.05) is 42.9 Å². The Labute approximate surface area is 158 Å². The van der Waals surface area contributed by atoms with Crippen LogP contribution in [0.4, 0.5) is 0 Å². The van der Waals surface area contributed by atoms with E-state index in [2.05, 4.69) is 20.8 Å². The van der Waals surface area contributed by atoms with E-state index in [4.69, 9.17) is 16.3 Å². The summed E-state index contributed by atoms with van der Waals surface area (Å²) < 4.78 is 5.57. The van der Waals surface area contributed by atoms with Crippen LogP contribution in [-0.2, 0) is 17.7 Å². The summed E-state index contributed by atoms with van der Waals surface area (Å²) >= 11 is 5.93. The number of H-pyrrole nitrogens is 1. The molecule has 0 spiro atoms. The number of halogens is 2. The fourth-order valence-electron chi connectivity index (χ4n) is 3.05. The number of ether oxygens (including phenoxy) is 1. The molecule has 0 radical (unpaired) electrons. The molecule has 25 heavy (non-hydrogen) atoms. The molecule has 0 saturated heterocycles. The Kier molecular flexibility index (Phi) is 6.84. The van der Waals surface area contributed by atoms with Crippen LogP contribution in [-0.4, -0.2) is 35.8 Å². The van der Waals surface area contributed by atoms with Crippen LogP contribution in [0.2, 0.25) is 5.02 Å². The maximum absolute atomic E-state index is 12.6. The average molecular weight is 385 g/mol. The highest BCUT2D eigenvalue weighted by molar-refractivity contribution is 6.30. The van der Waals surface area contributed by atoms with Gasteiger partial charge in [0.1, 0.15) is 6.10 Å². The second-order valence-corrected chi connectivity index (χ2v) is 6.36. The predicted molar refractivity (Wildman–Crippen MR) is 99.4 cm³/mol. The number of hydrogen-bond donors (Lipinski definition) is 3. The highest BCUT2D eigenvalue weighted by Crippen LogP contribution is 2.23. The van der Waals surface area contributed by atoms with Gasteiger partial charge in [-0.2, -0.15) is 5.10 Å². The van der Waals surface area contributed by atoms with Gasteiger partial charge in [-0.3, -0.25) is 9.89 Å². The van der Waals surface area contributed by atoms with Crippen LogP contribution in [0, 0.1) is 0 Å². The second kappa shape index (κ2) is 8.67. The van der Waals surface area contributed by atoms with Crippen molar-refractivity contribution in [3.8, 4) is 0 Å². The molecule has 3 rings (SSSR count). The lowest BCUT2D eigenvalue weighted by Gasteiger charge is -2.24. The maximum atomic E-state index is 12.6. The van der Waals surface area contributed by atoms with Gasteiger partial charge < -0.3 is 15.4 Å². The Balaban J connectivity index is 0.00000225. The number of rotatable bonds is 5. The molecule has 3 N–H and O–H groups in total. The second-order valence-electron chi connectivity index (χ2n) is 5.93. The third-order valence-electron chi connectivity index (χ3n) is 4.29. The van der Waals surface area contributed by atoms with Gasteiger partial charge >= 0.3 is 0 Å². The van der Waals surface area contributed by atoms with Crippen molar-refractivity contribution < 1.29 is 9.53 Å². The number of methoxy groups -OCH3 is 1. The lowest BCUT2D eigenvalue weighted by atomic mass is 10.0. The van der Waals surface area contributed by atoms with E-state index in [-0.39, 0.29) is 30.5 Å². The Hall–Kier alpha value is -1.60. The number of benzene rings is 1. The van der Waals surface area contributed by atoms with Crippen molar-refractivity contribution in [3.05, 3.63) is 51.8 Å². The van der Waals surface area contributed by atoms with Crippen molar-refractivity contribution in [2.45, 2.75) is 32.0 Å². The molecule has 1 amide bonds. The number of aromatic nitrogens is 2. The predicted octanol–water partition coefficient (Wildman–Crippen LogP) is 2.64. The third-order valence-corrected chi connectivity index (χ3v) is 4.54. The van der Waals surface area contributed by atoms with Gasteiger partial charge in [-0.05, 0) is 24.6 Å². The first-order valence-corrected chi connectivity index (χ1v) is 8.34. The lowest BCUT2D eigenvalue weighted by Crippen LogP contribution is -2.38. The van der Waals surface area contributed by atoms with Gasteiger partial charge in [0.2, 0.25) is 0 Å². The number of nitrogens with zero attached hydrogens (tertiary/aromatic N) is 1. The van der Waals surface area contributed by atoms with Crippen molar-refractivity contribution in [1.82, 2.24) is 20.8 Å². The summed E-state index contributed by atoms with van der Waals surface area (Å²) in [5.41, 5.74) is 3.40. The molecule has 6 nitrogen and oxygen atoms in total. The highest BCUT2D eigenvalue weighted by atomic mass is 35.5. The smallest absolute Gasteiger partial charge is 0.272 e. The molecule has 1 aliphatic heterocycles. The van der Waals surface area contributed by atoms with Crippen LogP contribution in [0.3, 0.4) is 0 Å². The topological polar surface area (TPSA) is 79.0 Å². The van der Waals surface area contributed by atoms with Crippen molar-refractivity contribution in [2.24, 2.45) is 0 Å². The number of nitrogens with one attached hydrogen (secondary N) is 3.